The van der Waals surface area contributed by atoms with E-state index in [4.69, 9.17) is 4.74 Å². The Kier molecular flexibility index (Phi) is 5.34. The van der Waals surface area contributed by atoms with Gasteiger partial charge in [-0.05, 0) is 25.1 Å². The van der Waals surface area contributed by atoms with E-state index in [1.165, 1.54) is 26.2 Å². The van der Waals surface area contributed by atoms with Gasteiger partial charge in [-0.3, -0.25) is 0 Å². The van der Waals surface area contributed by atoms with Crippen LogP contribution in [0.5, 0.6) is 5.75 Å². The van der Waals surface area contributed by atoms with E-state index in [-0.39, 0.29) is 17.0 Å². The molecule has 0 aliphatic carbocycles. The molecule has 0 aliphatic rings. The van der Waals surface area contributed by atoms with E-state index in [0.717, 1.165) is 16.9 Å². The van der Waals surface area contributed by atoms with E-state index < -0.39 is 17.7 Å². The van der Waals surface area contributed by atoms with Crippen molar-refractivity contribution in [3.63, 3.8) is 0 Å². The molecular formula is C14H16F4N2O. The van der Waals surface area contributed by atoms with Crippen LogP contribution in [0.2, 0.25) is 0 Å². The minimum Gasteiger partial charge on any atom is -0.494 e. The first-order chi connectivity index (χ1) is 9.84. The second-order valence-electron chi connectivity index (χ2n) is 3.87. The van der Waals surface area contributed by atoms with E-state index >= 15 is 0 Å². The number of hydrogen-bond acceptors (Lipinski definition) is 2. The monoisotopic (exact) mass is 304 g/mol. The Morgan fingerprint density at radius 1 is 1.14 bits per heavy atom. The van der Waals surface area contributed by atoms with Crippen LogP contribution in [0.4, 0.5) is 17.6 Å². The second-order valence-corrected chi connectivity index (χ2v) is 3.87. The first-order valence-corrected chi connectivity index (χ1v) is 6.31. The van der Waals surface area contributed by atoms with Crippen molar-refractivity contribution in [2.75, 3.05) is 7.11 Å². The molecule has 116 valence electrons. The molecule has 0 N–H and O–H groups in total. The Hall–Kier alpha value is -2.05. The van der Waals surface area contributed by atoms with Gasteiger partial charge in [0.25, 0.3) is 0 Å². The molecule has 0 atom stereocenters. The summed E-state index contributed by atoms with van der Waals surface area (Å²) in [6.45, 7) is 5.45. The average Bonchev–Trinajstić information content (AvgIpc) is 2.93. The lowest BCUT2D eigenvalue weighted by atomic mass is 10.2. The van der Waals surface area contributed by atoms with Crippen molar-refractivity contribution in [2.45, 2.75) is 26.9 Å². The van der Waals surface area contributed by atoms with Crippen molar-refractivity contribution in [1.82, 2.24) is 9.78 Å². The zero-order valence-corrected chi connectivity index (χ0v) is 12.1. The standard InChI is InChI=1S/C12H10F4N2O.C2H6/c1-7-8(3-4-9(19-2)11(7)13)18-6-5-10(17-18)12(14,15)16;1-2/h3-6H,1-2H3;1-2H3. The van der Waals surface area contributed by atoms with Gasteiger partial charge in [-0.1, -0.05) is 13.8 Å². The summed E-state index contributed by atoms with van der Waals surface area (Å²) < 4.78 is 56.9. The molecule has 0 saturated carbocycles. The third-order valence-electron chi connectivity index (χ3n) is 2.67. The molecule has 0 spiro atoms. The van der Waals surface area contributed by atoms with Gasteiger partial charge in [0.15, 0.2) is 17.3 Å². The number of alkyl halides is 3. The Balaban J connectivity index is 0.00000106. The van der Waals surface area contributed by atoms with Crippen LogP contribution in [0.25, 0.3) is 5.69 Å². The molecule has 0 saturated heterocycles. The van der Waals surface area contributed by atoms with E-state index in [1.54, 1.807) is 0 Å². The van der Waals surface area contributed by atoms with Gasteiger partial charge in [-0.2, -0.15) is 18.3 Å². The fourth-order valence-corrected chi connectivity index (χ4v) is 1.67. The van der Waals surface area contributed by atoms with Crippen LogP contribution in [-0.2, 0) is 6.18 Å². The maximum absolute atomic E-state index is 13.8. The van der Waals surface area contributed by atoms with E-state index in [2.05, 4.69) is 5.10 Å². The molecule has 1 heterocycles. The van der Waals surface area contributed by atoms with Gasteiger partial charge >= 0.3 is 6.18 Å². The zero-order valence-electron chi connectivity index (χ0n) is 12.1. The Morgan fingerprint density at radius 3 is 2.24 bits per heavy atom. The molecule has 0 bridgehead atoms. The summed E-state index contributed by atoms with van der Waals surface area (Å²) in [6.07, 6.45) is -3.39. The largest absolute Gasteiger partial charge is 0.494 e. The highest BCUT2D eigenvalue weighted by atomic mass is 19.4. The SMILES string of the molecule is CC.COc1ccc(-n2ccc(C(F)(F)F)n2)c(C)c1F. The molecule has 21 heavy (non-hydrogen) atoms. The normalized spacial score (nSPS) is 10.9. The van der Waals surface area contributed by atoms with Gasteiger partial charge in [-0.15, -0.1) is 0 Å². The maximum Gasteiger partial charge on any atom is 0.435 e. The van der Waals surface area contributed by atoms with E-state index in [1.807, 2.05) is 13.8 Å². The van der Waals surface area contributed by atoms with Crippen LogP contribution >= 0.6 is 0 Å². The molecule has 0 radical (unpaired) electrons. The number of methoxy groups -OCH3 is 1. The number of hydrogen-bond donors (Lipinski definition) is 0. The molecule has 0 aliphatic heterocycles. The molecule has 0 unspecified atom stereocenters. The summed E-state index contributed by atoms with van der Waals surface area (Å²) >= 11 is 0. The predicted molar refractivity (Wildman–Crippen MR) is 71.2 cm³/mol. The van der Waals surface area contributed by atoms with Crippen molar-refractivity contribution < 1.29 is 22.3 Å². The molecule has 1 aromatic heterocycles. The van der Waals surface area contributed by atoms with Crippen LogP contribution in [0.15, 0.2) is 24.4 Å². The predicted octanol–water partition coefficient (Wildman–Crippen LogP) is 4.37. The van der Waals surface area contributed by atoms with Crippen molar-refractivity contribution in [1.29, 1.82) is 0 Å². The van der Waals surface area contributed by atoms with Crippen LogP contribution in [0.3, 0.4) is 0 Å². The summed E-state index contributed by atoms with van der Waals surface area (Å²) in [5.74, 6) is -0.589. The minimum absolute atomic E-state index is 0.0319. The molecule has 7 heteroatoms. The third kappa shape index (κ3) is 3.53. The van der Waals surface area contributed by atoms with Gasteiger partial charge in [0.05, 0.1) is 12.8 Å². The number of rotatable bonds is 2. The number of aromatic nitrogens is 2. The van der Waals surface area contributed by atoms with E-state index in [0.29, 0.717) is 0 Å². The van der Waals surface area contributed by atoms with Crippen LogP contribution < -0.4 is 4.74 Å². The van der Waals surface area contributed by atoms with Crippen molar-refractivity contribution in [3.8, 4) is 11.4 Å². The minimum atomic E-state index is -4.52. The molecule has 0 amide bonds. The fourth-order valence-electron chi connectivity index (χ4n) is 1.67. The van der Waals surface area contributed by atoms with Crippen molar-refractivity contribution in [3.05, 3.63) is 41.5 Å². The van der Waals surface area contributed by atoms with Crippen LogP contribution in [0.1, 0.15) is 25.1 Å². The van der Waals surface area contributed by atoms with Gasteiger partial charge < -0.3 is 4.74 Å². The second kappa shape index (κ2) is 6.60. The van der Waals surface area contributed by atoms with Gasteiger partial charge in [0, 0.05) is 11.8 Å². The van der Waals surface area contributed by atoms with Gasteiger partial charge in [0.1, 0.15) is 0 Å². The van der Waals surface area contributed by atoms with E-state index in [9.17, 15) is 17.6 Å². The summed E-state index contributed by atoms with van der Waals surface area (Å²) in [7, 11) is 1.31. The number of ether oxygens (including phenoxy) is 1. The van der Waals surface area contributed by atoms with Crippen LogP contribution in [-0.4, -0.2) is 16.9 Å². The Labute approximate surface area is 120 Å². The summed E-state index contributed by atoms with van der Waals surface area (Å²) in [5, 5.41) is 3.39. The lowest BCUT2D eigenvalue weighted by molar-refractivity contribution is -0.141. The topological polar surface area (TPSA) is 27.1 Å². The molecular weight excluding hydrogens is 288 g/mol. The van der Waals surface area contributed by atoms with Crippen molar-refractivity contribution in [2.24, 2.45) is 0 Å². The lowest BCUT2D eigenvalue weighted by Gasteiger charge is -2.10. The highest BCUT2D eigenvalue weighted by molar-refractivity contribution is 5.46. The van der Waals surface area contributed by atoms with Gasteiger partial charge in [-0.25, -0.2) is 9.07 Å². The number of nitrogens with zero attached hydrogens (tertiary/aromatic N) is 2. The smallest absolute Gasteiger partial charge is 0.435 e. The highest BCUT2D eigenvalue weighted by Crippen LogP contribution is 2.29. The molecule has 2 aromatic rings. The Bertz CT molecular complexity index is 606. The Morgan fingerprint density at radius 2 is 1.76 bits per heavy atom. The quantitative estimate of drug-likeness (QED) is 0.770. The first kappa shape index (κ1) is 17.0. The zero-order chi connectivity index (χ0) is 16.2. The summed E-state index contributed by atoms with van der Waals surface area (Å²) in [6, 6.07) is 3.62. The van der Waals surface area contributed by atoms with Crippen LogP contribution in [0, 0.1) is 12.7 Å². The summed E-state index contributed by atoms with van der Waals surface area (Å²) in [4.78, 5) is 0. The average molecular weight is 304 g/mol. The number of benzene rings is 1. The molecule has 0 fully saturated rings. The maximum atomic E-state index is 13.8. The van der Waals surface area contributed by atoms with Crippen molar-refractivity contribution >= 4 is 0 Å². The molecule has 2 rings (SSSR count). The summed E-state index contributed by atoms with van der Waals surface area (Å²) in [5.41, 5.74) is -0.631. The fraction of sp³-hybridized carbons (Fsp3) is 0.357. The lowest BCUT2D eigenvalue weighted by Crippen LogP contribution is -2.08. The van der Waals surface area contributed by atoms with Gasteiger partial charge in [0.2, 0.25) is 0 Å². The first-order valence-electron chi connectivity index (χ1n) is 6.31. The molecule has 1 aromatic carbocycles. The number of halogens is 4. The highest BCUT2D eigenvalue weighted by Gasteiger charge is 2.33. The third-order valence-corrected chi connectivity index (χ3v) is 2.67. The molecule has 3 nitrogen and oxygen atoms in total.